The molecule has 0 radical (unpaired) electrons. The van der Waals surface area contributed by atoms with E-state index in [4.69, 9.17) is 16.2 Å². The number of aliphatic hydroxyl groups excluding tert-OH is 1. The maximum absolute atomic E-state index is 8.98. The van der Waals surface area contributed by atoms with E-state index in [1.807, 2.05) is 30.0 Å². The van der Waals surface area contributed by atoms with Crippen molar-refractivity contribution >= 4 is 27.5 Å². The molecule has 16 heavy (non-hydrogen) atoms. The van der Waals surface area contributed by atoms with E-state index in [0.29, 0.717) is 12.1 Å². The number of rotatable bonds is 5. The average molecular weight is 286 g/mol. The standard InChI is InChI=1S/C11H16BrN3O/c1-2-15(5-6-16)10-4-3-8(12)7-9(10)11(13)14/h3-4,7,16H,2,5-6H2,1H3,(H3,13,14). The summed E-state index contributed by atoms with van der Waals surface area (Å²) in [5.41, 5.74) is 7.11. The summed E-state index contributed by atoms with van der Waals surface area (Å²) in [5, 5.41) is 16.5. The van der Waals surface area contributed by atoms with Crippen LogP contribution in [0.4, 0.5) is 5.69 Å². The summed E-state index contributed by atoms with van der Waals surface area (Å²) in [5.74, 6) is 0.0349. The Hall–Kier alpha value is -1.07. The smallest absolute Gasteiger partial charge is 0.124 e. The van der Waals surface area contributed by atoms with E-state index in [0.717, 1.165) is 16.7 Å². The summed E-state index contributed by atoms with van der Waals surface area (Å²) in [6.07, 6.45) is 0. The van der Waals surface area contributed by atoms with Crippen molar-refractivity contribution in [2.75, 3.05) is 24.6 Å². The Bertz CT molecular complexity index is 381. The van der Waals surface area contributed by atoms with Gasteiger partial charge < -0.3 is 15.7 Å². The average Bonchev–Trinajstić information content (AvgIpc) is 2.26. The molecule has 0 saturated carbocycles. The minimum Gasteiger partial charge on any atom is -0.395 e. The van der Waals surface area contributed by atoms with Crippen LogP contribution in [0.3, 0.4) is 0 Å². The molecular formula is C11H16BrN3O. The van der Waals surface area contributed by atoms with E-state index in [9.17, 15) is 0 Å². The Morgan fingerprint density at radius 2 is 2.25 bits per heavy atom. The molecule has 0 heterocycles. The lowest BCUT2D eigenvalue weighted by molar-refractivity contribution is 0.302. The highest BCUT2D eigenvalue weighted by molar-refractivity contribution is 9.10. The number of nitrogen functional groups attached to an aromatic ring is 1. The highest BCUT2D eigenvalue weighted by Gasteiger charge is 2.11. The molecule has 0 amide bonds. The van der Waals surface area contributed by atoms with Gasteiger partial charge in [0.15, 0.2) is 0 Å². The van der Waals surface area contributed by atoms with Crippen molar-refractivity contribution < 1.29 is 5.11 Å². The molecule has 88 valence electrons. The Balaban J connectivity index is 3.14. The van der Waals surface area contributed by atoms with Crippen LogP contribution < -0.4 is 10.6 Å². The molecule has 0 saturated heterocycles. The predicted octanol–water partition coefficient (Wildman–Crippen LogP) is 1.55. The number of hydrogen-bond acceptors (Lipinski definition) is 3. The Kier molecular flexibility index (Phi) is 4.76. The number of aliphatic hydroxyl groups is 1. The fourth-order valence-corrected chi connectivity index (χ4v) is 1.93. The number of nitrogens with one attached hydrogen (secondary N) is 1. The zero-order valence-corrected chi connectivity index (χ0v) is 10.8. The largest absolute Gasteiger partial charge is 0.395 e. The van der Waals surface area contributed by atoms with E-state index in [1.54, 1.807) is 0 Å². The van der Waals surface area contributed by atoms with Gasteiger partial charge in [-0.05, 0) is 25.1 Å². The van der Waals surface area contributed by atoms with Crippen molar-refractivity contribution in [1.82, 2.24) is 0 Å². The molecule has 0 aliphatic heterocycles. The fraction of sp³-hybridized carbons (Fsp3) is 0.364. The first-order chi connectivity index (χ1) is 7.60. The van der Waals surface area contributed by atoms with Gasteiger partial charge >= 0.3 is 0 Å². The van der Waals surface area contributed by atoms with Gasteiger partial charge in [-0.15, -0.1) is 0 Å². The molecule has 0 bridgehead atoms. The Labute approximate surface area is 104 Å². The van der Waals surface area contributed by atoms with E-state index in [1.165, 1.54) is 0 Å². The van der Waals surface area contributed by atoms with Crippen LogP contribution in [0.5, 0.6) is 0 Å². The van der Waals surface area contributed by atoms with Crippen LogP contribution in [0.2, 0.25) is 0 Å². The van der Waals surface area contributed by atoms with Gasteiger partial charge in [0.2, 0.25) is 0 Å². The van der Waals surface area contributed by atoms with E-state index in [2.05, 4.69) is 15.9 Å². The predicted molar refractivity (Wildman–Crippen MR) is 70.1 cm³/mol. The highest BCUT2D eigenvalue weighted by atomic mass is 79.9. The molecule has 4 nitrogen and oxygen atoms in total. The van der Waals surface area contributed by atoms with Crippen molar-refractivity contribution in [3.63, 3.8) is 0 Å². The van der Waals surface area contributed by atoms with Crippen LogP contribution in [0, 0.1) is 5.41 Å². The van der Waals surface area contributed by atoms with Gasteiger partial charge in [-0.1, -0.05) is 15.9 Å². The normalized spacial score (nSPS) is 10.2. The molecular weight excluding hydrogens is 270 g/mol. The number of nitrogens with two attached hydrogens (primary N) is 1. The molecule has 0 aliphatic carbocycles. The first-order valence-corrected chi connectivity index (χ1v) is 5.89. The van der Waals surface area contributed by atoms with Gasteiger partial charge in [-0.2, -0.15) is 0 Å². The molecule has 1 rings (SSSR count). The van der Waals surface area contributed by atoms with Crippen LogP contribution in [0.1, 0.15) is 12.5 Å². The summed E-state index contributed by atoms with van der Waals surface area (Å²) in [6, 6.07) is 5.62. The first-order valence-electron chi connectivity index (χ1n) is 5.10. The molecule has 1 aromatic rings. The van der Waals surface area contributed by atoms with Gasteiger partial charge in [0.05, 0.1) is 6.61 Å². The molecule has 0 unspecified atom stereocenters. The van der Waals surface area contributed by atoms with Crippen molar-refractivity contribution in [1.29, 1.82) is 5.41 Å². The lowest BCUT2D eigenvalue weighted by atomic mass is 10.1. The zero-order chi connectivity index (χ0) is 12.1. The van der Waals surface area contributed by atoms with Crippen LogP contribution in [0.25, 0.3) is 0 Å². The van der Waals surface area contributed by atoms with Crippen molar-refractivity contribution in [2.45, 2.75) is 6.92 Å². The number of benzene rings is 1. The number of amidine groups is 1. The van der Waals surface area contributed by atoms with Crippen LogP contribution in [-0.2, 0) is 0 Å². The SMILES string of the molecule is CCN(CCO)c1ccc(Br)cc1C(=N)N. The monoisotopic (exact) mass is 285 g/mol. The fourth-order valence-electron chi connectivity index (χ4n) is 1.57. The van der Waals surface area contributed by atoms with E-state index < -0.39 is 0 Å². The third-order valence-corrected chi connectivity index (χ3v) is 2.83. The van der Waals surface area contributed by atoms with Crippen molar-refractivity contribution in [3.05, 3.63) is 28.2 Å². The van der Waals surface area contributed by atoms with Gasteiger partial charge in [-0.3, -0.25) is 5.41 Å². The second-order valence-electron chi connectivity index (χ2n) is 3.38. The molecule has 5 heteroatoms. The molecule has 0 aliphatic rings. The minimum atomic E-state index is 0.0349. The molecule has 0 aromatic heterocycles. The van der Waals surface area contributed by atoms with Gasteiger partial charge in [0.1, 0.15) is 5.84 Å². The van der Waals surface area contributed by atoms with E-state index >= 15 is 0 Å². The third-order valence-electron chi connectivity index (χ3n) is 2.34. The number of nitrogens with zero attached hydrogens (tertiary/aromatic N) is 1. The topological polar surface area (TPSA) is 73.3 Å². The minimum absolute atomic E-state index is 0.0349. The summed E-state index contributed by atoms with van der Waals surface area (Å²) in [7, 11) is 0. The van der Waals surface area contributed by atoms with Gasteiger partial charge in [0, 0.05) is 28.8 Å². The third kappa shape index (κ3) is 2.96. The van der Waals surface area contributed by atoms with E-state index in [-0.39, 0.29) is 12.4 Å². The number of halogens is 1. The van der Waals surface area contributed by atoms with Crippen LogP contribution in [-0.4, -0.2) is 30.6 Å². The highest BCUT2D eigenvalue weighted by Crippen LogP contribution is 2.24. The molecule has 0 spiro atoms. The lowest BCUT2D eigenvalue weighted by Gasteiger charge is -2.24. The number of anilines is 1. The molecule has 1 aromatic carbocycles. The first kappa shape index (κ1) is 13.0. The molecule has 0 atom stereocenters. The summed E-state index contributed by atoms with van der Waals surface area (Å²) in [6.45, 7) is 3.39. The maximum Gasteiger partial charge on any atom is 0.124 e. The van der Waals surface area contributed by atoms with Crippen molar-refractivity contribution in [2.24, 2.45) is 5.73 Å². The maximum atomic E-state index is 8.98. The zero-order valence-electron chi connectivity index (χ0n) is 9.20. The van der Waals surface area contributed by atoms with Crippen LogP contribution >= 0.6 is 15.9 Å². The van der Waals surface area contributed by atoms with Crippen molar-refractivity contribution in [3.8, 4) is 0 Å². The second kappa shape index (κ2) is 5.86. The van der Waals surface area contributed by atoms with Crippen LogP contribution in [0.15, 0.2) is 22.7 Å². The quantitative estimate of drug-likeness (QED) is 0.568. The lowest BCUT2D eigenvalue weighted by Crippen LogP contribution is -2.29. The number of hydrogen-bond donors (Lipinski definition) is 3. The second-order valence-corrected chi connectivity index (χ2v) is 4.29. The number of likely N-dealkylation sites (N-methyl/N-ethyl adjacent to an activating group) is 1. The Morgan fingerprint density at radius 1 is 1.56 bits per heavy atom. The molecule has 0 fully saturated rings. The van der Waals surface area contributed by atoms with Gasteiger partial charge in [0.25, 0.3) is 0 Å². The summed E-state index contributed by atoms with van der Waals surface area (Å²) < 4.78 is 0.890. The van der Waals surface area contributed by atoms with Gasteiger partial charge in [-0.25, -0.2) is 0 Å². The molecule has 4 N–H and O–H groups in total. The summed E-state index contributed by atoms with van der Waals surface area (Å²) in [4.78, 5) is 1.99. The summed E-state index contributed by atoms with van der Waals surface area (Å²) >= 11 is 3.35. The Morgan fingerprint density at radius 3 is 2.75 bits per heavy atom.